The summed E-state index contributed by atoms with van der Waals surface area (Å²) >= 11 is 0. The molecule has 0 aliphatic heterocycles. The second-order valence-electron chi connectivity index (χ2n) is 2.58. The average molecular weight is 168 g/mol. The zero-order valence-corrected chi connectivity index (χ0v) is 6.87. The summed E-state index contributed by atoms with van der Waals surface area (Å²) in [5.74, 6) is -0.162. The Labute approximate surface area is 70.4 Å². The monoisotopic (exact) mass is 168 g/mol. The Morgan fingerprint density at radius 1 is 1.92 bits per heavy atom. The van der Waals surface area contributed by atoms with E-state index in [-0.39, 0.29) is 5.91 Å². The number of carbonyl (C=O) groups excluding carboxylic acids is 1. The van der Waals surface area contributed by atoms with Gasteiger partial charge in [-0.15, -0.1) is 0 Å². The zero-order chi connectivity index (χ0) is 8.97. The van der Waals surface area contributed by atoms with Crippen molar-refractivity contribution in [2.45, 2.75) is 19.5 Å². The molecule has 1 atom stereocenters. The second-order valence-corrected chi connectivity index (χ2v) is 2.58. The van der Waals surface area contributed by atoms with E-state index in [1.165, 1.54) is 0 Å². The van der Waals surface area contributed by atoms with Crippen LogP contribution in [0.2, 0.25) is 0 Å². The molecule has 0 bridgehead atoms. The summed E-state index contributed by atoms with van der Waals surface area (Å²) in [6, 6.07) is -0.465. The third kappa shape index (κ3) is 2.35. The number of imidazole rings is 1. The Morgan fingerprint density at radius 3 is 3.17 bits per heavy atom. The van der Waals surface area contributed by atoms with E-state index in [0.717, 1.165) is 5.69 Å². The fourth-order valence-corrected chi connectivity index (χ4v) is 0.725. The van der Waals surface area contributed by atoms with Gasteiger partial charge in [0.1, 0.15) is 0 Å². The molecule has 1 heterocycles. The van der Waals surface area contributed by atoms with E-state index in [1.54, 1.807) is 19.4 Å². The van der Waals surface area contributed by atoms with E-state index >= 15 is 0 Å². The standard InChI is InChI=1S/C7H12N4O/c1-5(8)7(12)10-3-6-2-9-4-11-6/h2,4-5H,3,8H2,1H3,(H,9,11)(H,10,12). The lowest BCUT2D eigenvalue weighted by atomic mass is 10.3. The molecule has 0 spiro atoms. The van der Waals surface area contributed by atoms with Crippen LogP contribution in [0.3, 0.4) is 0 Å². The molecule has 1 aromatic rings. The third-order valence-electron chi connectivity index (χ3n) is 1.42. The largest absolute Gasteiger partial charge is 0.349 e. The van der Waals surface area contributed by atoms with Gasteiger partial charge in [0, 0.05) is 6.20 Å². The lowest BCUT2D eigenvalue weighted by Crippen LogP contribution is -2.37. The topological polar surface area (TPSA) is 83.8 Å². The molecule has 1 amide bonds. The van der Waals surface area contributed by atoms with Gasteiger partial charge in [0.2, 0.25) is 5.91 Å². The molecule has 0 aromatic carbocycles. The van der Waals surface area contributed by atoms with Crippen LogP contribution >= 0.6 is 0 Å². The summed E-state index contributed by atoms with van der Waals surface area (Å²) in [5, 5.41) is 2.65. The molecular formula is C7H12N4O. The van der Waals surface area contributed by atoms with Gasteiger partial charge in [-0.1, -0.05) is 0 Å². The van der Waals surface area contributed by atoms with E-state index in [4.69, 9.17) is 5.73 Å². The number of aromatic nitrogens is 2. The summed E-state index contributed by atoms with van der Waals surface area (Å²) in [6.45, 7) is 2.09. The maximum absolute atomic E-state index is 11.0. The first-order chi connectivity index (χ1) is 5.70. The van der Waals surface area contributed by atoms with E-state index in [9.17, 15) is 4.79 Å². The predicted molar refractivity (Wildman–Crippen MR) is 44.1 cm³/mol. The maximum Gasteiger partial charge on any atom is 0.236 e. The smallest absolute Gasteiger partial charge is 0.236 e. The fraction of sp³-hybridized carbons (Fsp3) is 0.429. The molecule has 0 aliphatic carbocycles. The van der Waals surface area contributed by atoms with Gasteiger partial charge in [-0.2, -0.15) is 0 Å². The number of carbonyl (C=O) groups is 1. The van der Waals surface area contributed by atoms with Crippen molar-refractivity contribution in [3.63, 3.8) is 0 Å². The molecule has 0 saturated heterocycles. The average Bonchev–Trinajstić information content (AvgIpc) is 2.51. The van der Waals surface area contributed by atoms with Gasteiger partial charge in [0.25, 0.3) is 0 Å². The number of aromatic amines is 1. The highest BCUT2D eigenvalue weighted by atomic mass is 16.2. The summed E-state index contributed by atoms with van der Waals surface area (Å²) < 4.78 is 0. The van der Waals surface area contributed by atoms with Gasteiger partial charge in [-0.05, 0) is 6.92 Å². The van der Waals surface area contributed by atoms with Crippen molar-refractivity contribution in [1.82, 2.24) is 15.3 Å². The Bertz CT molecular complexity index is 242. The molecule has 5 nitrogen and oxygen atoms in total. The number of amides is 1. The number of nitrogens with zero attached hydrogens (tertiary/aromatic N) is 1. The normalized spacial score (nSPS) is 12.5. The number of hydrogen-bond donors (Lipinski definition) is 3. The van der Waals surface area contributed by atoms with Gasteiger partial charge in [0.05, 0.1) is 24.6 Å². The van der Waals surface area contributed by atoms with Crippen molar-refractivity contribution in [3.05, 3.63) is 18.2 Å². The van der Waals surface area contributed by atoms with Crippen LogP contribution in [-0.2, 0) is 11.3 Å². The van der Waals surface area contributed by atoms with Crippen LogP contribution in [0.15, 0.2) is 12.5 Å². The summed E-state index contributed by atoms with van der Waals surface area (Å²) in [5.41, 5.74) is 6.20. The summed E-state index contributed by atoms with van der Waals surface area (Å²) in [4.78, 5) is 17.6. The third-order valence-corrected chi connectivity index (χ3v) is 1.42. The van der Waals surface area contributed by atoms with Crippen molar-refractivity contribution in [2.75, 3.05) is 0 Å². The number of H-pyrrole nitrogens is 1. The first kappa shape index (κ1) is 8.73. The van der Waals surface area contributed by atoms with Crippen LogP contribution in [0.25, 0.3) is 0 Å². The van der Waals surface area contributed by atoms with Crippen molar-refractivity contribution in [1.29, 1.82) is 0 Å². The molecular weight excluding hydrogens is 156 g/mol. The zero-order valence-electron chi connectivity index (χ0n) is 6.87. The highest BCUT2D eigenvalue weighted by Gasteiger charge is 2.05. The van der Waals surface area contributed by atoms with E-state index in [2.05, 4.69) is 15.3 Å². The minimum absolute atomic E-state index is 0.162. The van der Waals surface area contributed by atoms with Crippen molar-refractivity contribution in [2.24, 2.45) is 5.73 Å². The molecule has 0 fully saturated rings. The van der Waals surface area contributed by atoms with Crippen LogP contribution in [0, 0.1) is 0 Å². The Hall–Kier alpha value is -1.36. The molecule has 5 heteroatoms. The van der Waals surface area contributed by atoms with Crippen molar-refractivity contribution in [3.8, 4) is 0 Å². The SMILES string of the molecule is CC(N)C(=O)NCc1cnc[nH]1. The number of rotatable bonds is 3. The minimum atomic E-state index is -0.465. The van der Waals surface area contributed by atoms with E-state index < -0.39 is 6.04 Å². The molecule has 4 N–H and O–H groups in total. The maximum atomic E-state index is 11.0. The second kappa shape index (κ2) is 3.87. The van der Waals surface area contributed by atoms with Crippen LogP contribution in [-0.4, -0.2) is 21.9 Å². The lowest BCUT2D eigenvalue weighted by molar-refractivity contribution is -0.122. The van der Waals surface area contributed by atoms with Crippen molar-refractivity contribution < 1.29 is 4.79 Å². The molecule has 0 radical (unpaired) electrons. The van der Waals surface area contributed by atoms with Gasteiger partial charge in [-0.3, -0.25) is 4.79 Å². The molecule has 0 aliphatic rings. The molecule has 12 heavy (non-hydrogen) atoms. The van der Waals surface area contributed by atoms with E-state index in [1.807, 2.05) is 0 Å². The van der Waals surface area contributed by atoms with Crippen LogP contribution in [0.4, 0.5) is 0 Å². The minimum Gasteiger partial charge on any atom is -0.349 e. The Kier molecular flexibility index (Phi) is 2.82. The summed E-state index contributed by atoms with van der Waals surface area (Å²) in [7, 11) is 0. The van der Waals surface area contributed by atoms with Gasteiger partial charge >= 0.3 is 0 Å². The van der Waals surface area contributed by atoms with Gasteiger partial charge in [0.15, 0.2) is 0 Å². The van der Waals surface area contributed by atoms with Crippen LogP contribution < -0.4 is 11.1 Å². The van der Waals surface area contributed by atoms with E-state index in [0.29, 0.717) is 6.54 Å². The lowest BCUT2D eigenvalue weighted by Gasteiger charge is -2.05. The number of nitrogens with two attached hydrogens (primary N) is 1. The Morgan fingerprint density at radius 2 is 2.67 bits per heavy atom. The first-order valence-corrected chi connectivity index (χ1v) is 3.70. The van der Waals surface area contributed by atoms with Crippen LogP contribution in [0.5, 0.6) is 0 Å². The molecule has 66 valence electrons. The van der Waals surface area contributed by atoms with Crippen molar-refractivity contribution >= 4 is 5.91 Å². The van der Waals surface area contributed by atoms with Gasteiger partial charge in [-0.25, -0.2) is 4.98 Å². The number of nitrogens with one attached hydrogen (secondary N) is 2. The summed E-state index contributed by atoms with van der Waals surface area (Å²) in [6.07, 6.45) is 3.22. The molecule has 1 aromatic heterocycles. The predicted octanol–water partition coefficient (Wildman–Crippen LogP) is -0.627. The highest BCUT2D eigenvalue weighted by molar-refractivity contribution is 5.80. The first-order valence-electron chi connectivity index (χ1n) is 3.70. The molecule has 0 saturated carbocycles. The highest BCUT2D eigenvalue weighted by Crippen LogP contribution is 1.89. The molecule has 1 rings (SSSR count). The Balaban J connectivity index is 2.32. The number of hydrogen-bond acceptors (Lipinski definition) is 3. The van der Waals surface area contributed by atoms with Crippen LogP contribution in [0.1, 0.15) is 12.6 Å². The van der Waals surface area contributed by atoms with Gasteiger partial charge < -0.3 is 16.0 Å². The quantitative estimate of drug-likeness (QED) is 0.562. The molecule has 1 unspecified atom stereocenters. The fourth-order valence-electron chi connectivity index (χ4n) is 0.725.